The lowest BCUT2D eigenvalue weighted by Gasteiger charge is -2.00. The first kappa shape index (κ1) is 10.9. The van der Waals surface area contributed by atoms with E-state index in [-0.39, 0.29) is 0 Å². The van der Waals surface area contributed by atoms with Crippen LogP contribution < -0.4 is 5.32 Å². The summed E-state index contributed by atoms with van der Waals surface area (Å²) in [4.78, 5) is 4.17. The van der Waals surface area contributed by atoms with Crippen LogP contribution in [0, 0.1) is 0 Å². The van der Waals surface area contributed by atoms with E-state index in [2.05, 4.69) is 26.6 Å². The van der Waals surface area contributed by atoms with E-state index in [0.717, 1.165) is 17.9 Å². The minimum atomic E-state index is 0.658. The van der Waals surface area contributed by atoms with Gasteiger partial charge in [-0.3, -0.25) is 4.68 Å². The van der Waals surface area contributed by atoms with E-state index in [4.69, 9.17) is 0 Å². The number of hydrogen-bond donors (Lipinski definition) is 1. The van der Waals surface area contributed by atoms with Crippen molar-refractivity contribution in [3.63, 3.8) is 0 Å². The molecule has 0 unspecified atom stereocenters. The molecule has 0 bridgehead atoms. The summed E-state index contributed by atoms with van der Waals surface area (Å²) in [5, 5.41) is 11.8. The van der Waals surface area contributed by atoms with Gasteiger partial charge in [0.15, 0.2) is 5.82 Å². The van der Waals surface area contributed by atoms with Crippen molar-refractivity contribution in [2.75, 3.05) is 0 Å². The fourth-order valence-corrected chi connectivity index (χ4v) is 1.90. The normalized spacial score (nSPS) is 11.2. The molecule has 0 radical (unpaired) electrons. The van der Waals surface area contributed by atoms with E-state index < -0.39 is 0 Å². The molecular weight excluding hydrogens is 228 g/mol. The Morgan fingerprint density at radius 1 is 1.28 bits per heavy atom. The van der Waals surface area contributed by atoms with Crippen LogP contribution in [0.5, 0.6) is 0 Å². The van der Waals surface area contributed by atoms with Crippen molar-refractivity contribution in [2.45, 2.75) is 13.1 Å². The van der Waals surface area contributed by atoms with Gasteiger partial charge in [0.2, 0.25) is 0 Å². The van der Waals surface area contributed by atoms with E-state index >= 15 is 0 Å². The molecule has 0 atom stereocenters. The van der Waals surface area contributed by atoms with Gasteiger partial charge in [0.05, 0.1) is 18.3 Å². The Bertz CT molecular complexity index is 653. The van der Waals surface area contributed by atoms with E-state index in [0.29, 0.717) is 6.54 Å². The SMILES string of the molecule is Cn1cnc(CNCc2cnn3ccccc23)n1. The number of hydrogen-bond acceptors (Lipinski definition) is 4. The summed E-state index contributed by atoms with van der Waals surface area (Å²) in [5.74, 6) is 0.800. The zero-order valence-electron chi connectivity index (χ0n) is 10.1. The van der Waals surface area contributed by atoms with Crippen LogP contribution in [0.1, 0.15) is 11.4 Å². The van der Waals surface area contributed by atoms with Crippen LogP contribution in [0.4, 0.5) is 0 Å². The third-order valence-electron chi connectivity index (χ3n) is 2.75. The van der Waals surface area contributed by atoms with Gasteiger partial charge in [0.1, 0.15) is 6.33 Å². The first-order chi connectivity index (χ1) is 8.83. The van der Waals surface area contributed by atoms with Crippen LogP contribution in [0.3, 0.4) is 0 Å². The third-order valence-corrected chi connectivity index (χ3v) is 2.75. The standard InChI is InChI=1S/C12H14N6/c1-17-9-14-12(16-17)8-13-6-10-7-15-18-5-3-2-4-11(10)18/h2-5,7,9,13H,6,8H2,1H3. The summed E-state index contributed by atoms with van der Waals surface area (Å²) in [6, 6.07) is 6.04. The zero-order chi connectivity index (χ0) is 12.4. The van der Waals surface area contributed by atoms with Gasteiger partial charge < -0.3 is 5.32 Å². The molecule has 0 amide bonds. The molecule has 3 aromatic rings. The second-order valence-electron chi connectivity index (χ2n) is 4.14. The Labute approximate surface area is 104 Å². The summed E-state index contributed by atoms with van der Waals surface area (Å²) >= 11 is 0. The molecule has 0 aliphatic carbocycles. The molecule has 18 heavy (non-hydrogen) atoms. The maximum atomic E-state index is 4.29. The predicted molar refractivity (Wildman–Crippen MR) is 66.7 cm³/mol. The van der Waals surface area contributed by atoms with Crippen LogP contribution in [0.2, 0.25) is 0 Å². The molecule has 0 aliphatic heterocycles. The molecule has 3 heterocycles. The highest BCUT2D eigenvalue weighted by atomic mass is 15.3. The minimum absolute atomic E-state index is 0.658. The highest BCUT2D eigenvalue weighted by Gasteiger charge is 2.03. The Kier molecular flexibility index (Phi) is 2.77. The lowest BCUT2D eigenvalue weighted by atomic mass is 10.2. The summed E-state index contributed by atoms with van der Waals surface area (Å²) in [6.07, 6.45) is 5.53. The Hall–Kier alpha value is -2.21. The highest BCUT2D eigenvalue weighted by molar-refractivity contribution is 5.53. The molecule has 0 spiro atoms. The first-order valence-electron chi connectivity index (χ1n) is 5.79. The van der Waals surface area contributed by atoms with Gasteiger partial charge in [0, 0.05) is 25.4 Å². The average molecular weight is 242 g/mol. The van der Waals surface area contributed by atoms with Crippen LogP contribution in [0.15, 0.2) is 36.9 Å². The molecule has 6 heteroatoms. The average Bonchev–Trinajstić information content (AvgIpc) is 2.97. The molecule has 0 aromatic carbocycles. The molecule has 0 saturated heterocycles. The molecule has 3 rings (SSSR count). The van der Waals surface area contributed by atoms with Crippen LogP contribution in [-0.4, -0.2) is 24.4 Å². The molecule has 0 aliphatic rings. The monoisotopic (exact) mass is 242 g/mol. The first-order valence-corrected chi connectivity index (χ1v) is 5.79. The number of aryl methyl sites for hydroxylation is 1. The molecule has 92 valence electrons. The molecular formula is C12H14N6. The fraction of sp³-hybridized carbons (Fsp3) is 0.250. The van der Waals surface area contributed by atoms with E-state index in [1.807, 2.05) is 36.1 Å². The van der Waals surface area contributed by atoms with Gasteiger partial charge in [-0.1, -0.05) is 6.07 Å². The highest BCUT2D eigenvalue weighted by Crippen LogP contribution is 2.09. The number of nitrogens with one attached hydrogen (secondary N) is 1. The van der Waals surface area contributed by atoms with Gasteiger partial charge in [-0.05, 0) is 12.1 Å². The number of fused-ring (bicyclic) bond motifs is 1. The Morgan fingerprint density at radius 3 is 3.06 bits per heavy atom. The van der Waals surface area contributed by atoms with Crippen LogP contribution >= 0.6 is 0 Å². The van der Waals surface area contributed by atoms with Crippen LogP contribution in [0.25, 0.3) is 5.52 Å². The van der Waals surface area contributed by atoms with E-state index in [1.54, 1.807) is 11.0 Å². The second-order valence-corrected chi connectivity index (χ2v) is 4.14. The van der Waals surface area contributed by atoms with Crippen molar-refractivity contribution in [1.29, 1.82) is 0 Å². The van der Waals surface area contributed by atoms with Crippen molar-refractivity contribution in [1.82, 2.24) is 29.7 Å². The Morgan fingerprint density at radius 2 is 2.22 bits per heavy atom. The molecule has 3 aromatic heterocycles. The molecule has 6 nitrogen and oxygen atoms in total. The third kappa shape index (κ3) is 2.10. The summed E-state index contributed by atoms with van der Waals surface area (Å²) < 4.78 is 3.57. The molecule has 0 fully saturated rings. The predicted octanol–water partition coefficient (Wildman–Crippen LogP) is 0.753. The van der Waals surface area contributed by atoms with Gasteiger partial charge in [-0.2, -0.15) is 10.2 Å². The van der Waals surface area contributed by atoms with Crippen molar-refractivity contribution in [3.8, 4) is 0 Å². The van der Waals surface area contributed by atoms with Crippen molar-refractivity contribution in [3.05, 3.63) is 48.3 Å². The number of rotatable bonds is 4. The summed E-state index contributed by atoms with van der Waals surface area (Å²) in [6.45, 7) is 1.41. The van der Waals surface area contributed by atoms with Crippen molar-refractivity contribution >= 4 is 5.52 Å². The number of pyridine rings is 1. The van der Waals surface area contributed by atoms with Gasteiger partial charge in [-0.15, -0.1) is 0 Å². The van der Waals surface area contributed by atoms with Gasteiger partial charge >= 0.3 is 0 Å². The number of aromatic nitrogens is 5. The fourth-order valence-electron chi connectivity index (χ4n) is 1.90. The minimum Gasteiger partial charge on any atom is -0.306 e. The largest absolute Gasteiger partial charge is 0.306 e. The second kappa shape index (κ2) is 4.58. The molecule has 1 N–H and O–H groups in total. The lowest BCUT2D eigenvalue weighted by Crippen LogP contribution is -2.13. The zero-order valence-corrected chi connectivity index (χ0v) is 10.1. The maximum Gasteiger partial charge on any atom is 0.164 e. The number of nitrogens with zero attached hydrogens (tertiary/aromatic N) is 5. The smallest absolute Gasteiger partial charge is 0.164 e. The van der Waals surface area contributed by atoms with E-state index in [9.17, 15) is 0 Å². The lowest BCUT2D eigenvalue weighted by molar-refractivity contribution is 0.651. The quantitative estimate of drug-likeness (QED) is 0.733. The maximum absolute atomic E-state index is 4.29. The van der Waals surface area contributed by atoms with E-state index in [1.165, 1.54) is 5.56 Å². The van der Waals surface area contributed by atoms with Crippen LogP contribution in [-0.2, 0) is 20.1 Å². The summed E-state index contributed by atoms with van der Waals surface area (Å²) in [7, 11) is 1.86. The topological polar surface area (TPSA) is 60.0 Å². The van der Waals surface area contributed by atoms with Gasteiger partial charge in [-0.25, -0.2) is 9.50 Å². The van der Waals surface area contributed by atoms with Crippen molar-refractivity contribution < 1.29 is 0 Å². The molecule has 0 saturated carbocycles. The summed E-state index contributed by atoms with van der Waals surface area (Å²) in [5.41, 5.74) is 2.30. The van der Waals surface area contributed by atoms with Gasteiger partial charge in [0.25, 0.3) is 0 Å². The van der Waals surface area contributed by atoms with Crippen molar-refractivity contribution in [2.24, 2.45) is 7.05 Å². The Balaban J connectivity index is 1.66.